The third kappa shape index (κ3) is 2.80. The third-order valence-corrected chi connectivity index (χ3v) is 3.62. The number of halogens is 1. The highest BCUT2D eigenvalue weighted by Crippen LogP contribution is 2.28. The van der Waals surface area contributed by atoms with E-state index in [0.29, 0.717) is 0 Å². The van der Waals surface area contributed by atoms with E-state index in [1.165, 1.54) is 11.3 Å². The molecular weight excluding hydrogens is 242 g/mol. The van der Waals surface area contributed by atoms with E-state index in [2.05, 4.69) is 10.4 Å². The molecule has 2 aromatic rings. The maximum absolute atomic E-state index is 5.90. The van der Waals surface area contributed by atoms with Gasteiger partial charge in [-0.3, -0.25) is 16.3 Å². The molecule has 3 N–H and O–H groups in total. The predicted octanol–water partition coefficient (Wildman–Crippen LogP) is 2.54. The van der Waals surface area contributed by atoms with Gasteiger partial charge in [0.2, 0.25) is 0 Å². The lowest BCUT2D eigenvalue weighted by Crippen LogP contribution is -2.29. The molecule has 1 unspecified atom stereocenters. The summed E-state index contributed by atoms with van der Waals surface area (Å²) in [5.74, 6) is 5.55. The van der Waals surface area contributed by atoms with Crippen molar-refractivity contribution in [3.63, 3.8) is 0 Å². The molecule has 0 fully saturated rings. The van der Waals surface area contributed by atoms with Crippen molar-refractivity contribution >= 4 is 22.9 Å². The number of nitrogens with one attached hydrogen (secondary N) is 1. The molecule has 0 aliphatic rings. The Morgan fingerprint density at radius 2 is 2.25 bits per heavy atom. The molecule has 0 aliphatic heterocycles. The quantitative estimate of drug-likeness (QED) is 0.650. The van der Waals surface area contributed by atoms with E-state index >= 15 is 0 Å². The monoisotopic (exact) mass is 253 g/mol. The van der Waals surface area contributed by atoms with Crippen LogP contribution in [0.25, 0.3) is 0 Å². The van der Waals surface area contributed by atoms with Crippen molar-refractivity contribution < 1.29 is 0 Å². The van der Waals surface area contributed by atoms with Crippen LogP contribution < -0.4 is 11.3 Å². The first-order chi connectivity index (χ1) is 7.79. The SMILES string of the molecule is NNC(Cc1ccccn1)c1ccc(Cl)s1. The van der Waals surface area contributed by atoms with Gasteiger partial charge in [0.15, 0.2) is 0 Å². The van der Waals surface area contributed by atoms with E-state index < -0.39 is 0 Å². The van der Waals surface area contributed by atoms with Gasteiger partial charge in [-0.25, -0.2) is 0 Å². The molecule has 0 saturated carbocycles. The number of hydrogen-bond acceptors (Lipinski definition) is 4. The Bertz CT molecular complexity index is 444. The summed E-state index contributed by atoms with van der Waals surface area (Å²) < 4.78 is 0.774. The fourth-order valence-electron chi connectivity index (χ4n) is 1.49. The maximum Gasteiger partial charge on any atom is 0.0931 e. The zero-order valence-electron chi connectivity index (χ0n) is 8.56. The van der Waals surface area contributed by atoms with Crippen molar-refractivity contribution in [3.05, 3.63) is 51.4 Å². The zero-order chi connectivity index (χ0) is 11.4. The molecule has 3 nitrogen and oxygen atoms in total. The van der Waals surface area contributed by atoms with Gasteiger partial charge in [-0.2, -0.15) is 0 Å². The normalized spacial score (nSPS) is 12.6. The van der Waals surface area contributed by atoms with Crippen LogP contribution in [0, 0.1) is 0 Å². The van der Waals surface area contributed by atoms with Gasteiger partial charge < -0.3 is 0 Å². The van der Waals surface area contributed by atoms with E-state index in [0.717, 1.165) is 21.3 Å². The average Bonchev–Trinajstić information content (AvgIpc) is 2.74. The molecule has 0 radical (unpaired) electrons. The minimum absolute atomic E-state index is 0.0624. The van der Waals surface area contributed by atoms with Gasteiger partial charge in [-0.15, -0.1) is 11.3 Å². The number of thiophene rings is 1. The summed E-state index contributed by atoms with van der Waals surface area (Å²) >= 11 is 7.43. The van der Waals surface area contributed by atoms with Crippen LogP contribution in [-0.4, -0.2) is 4.98 Å². The van der Waals surface area contributed by atoms with Gasteiger partial charge in [0, 0.05) is 23.2 Å². The summed E-state index contributed by atoms with van der Waals surface area (Å²) in [5.41, 5.74) is 3.80. The Morgan fingerprint density at radius 1 is 1.38 bits per heavy atom. The van der Waals surface area contributed by atoms with Crippen LogP contribution >= 0.6 is 22.9 Å². The van der Waals surface area contributed by atoms with Crippen LogP contribution in [0.15, 0.2) is 36.5 Å². The van der Waals surface area contributed by atoms with E-state index in [1.807, 2.05) is 30.3 Å². The lowest BCUT2D eigenvalue weighted by atomic mass is 10.1. The van der Waals surface area contributed by atoms with E-state index in [-0.39, 0.29) is 6.04 Å². The molecule has 2 aromatic heterocycles. The minimum atomic E-state index is 0.0624. The summed E-state index contributed by atoms with van der Waals surface area (Å²) in [6.45, 7) is 0. The molecule has 0 aliphatic carbocycles. The Labute approximate surface area is 103 Å². The number of pyridine rings is 1. The number of nitrogens with two attached hydrogens (primary N) is 1. The van der Waals surface area contributed by atoms with Crippen LogP contribution in [0.3, 0.4) is 0 Å². The highest BCUT2D eigenvalue weighted by Gasteiger charge is 2.13. The molecule has 5 heteroatoms. The van der Waals surface area contributed by atoms with E-state index in [9.17, 15) is 0 Å². The number of rotatable bonds is 4. The number of aromatic nitrogens is 1. The van der Waals surface area contributed by atoms with Gasteiger partial charge in [-0.05, 0) is 24.3 Å². The van der Waals surface area contributed by atoms with Gasteiger partial charge in [0.25, 0.3) is 0 Å². The minimum Gasteiger partial charge on any atom is -0.271 e. The van der Waals surface area contributed by atoms with Crippen molar-refractivity contribution in [1.29, 1.82) is 0 Å². The maximum atomic E-state index is 5.90. The van der Waals surface area contributed by atoms with Crippen molar-refractivity contribution in [2.75, 3.05) is 0 Å². The standard InChI is InChI=1S/C11H12ClN3S/c12-11-5-4-10(16-11)9(15-13)7-8-3-1-2-6-14-8/h1-6,9,15H,7,13H2. The van der Waals surface area contributed by atoms with Crippen molar-refractivity contribution in [1.82, 2.24) is 10.4 Å². The Kier molecular flexibility index (Phi) is 3.90. The Balaban J connectivity index is 2.12. The molecule has 0 aromatic carbocycles. The van der Waals surface area contributed by atoms with Gasteiger partial charge in [0.1, 0.15) is 0 Å². The fraction of sp³-hybridized carbons (Fsp3) is 0.182. The Hall–Kier alpha value is -0.940. The van der Waals surface area contributed by atoms with Crippen LogP contribution in [0.4, 0.5) is 0 Å². The molecular formula is C11H12ClN3S. The summed E-state index contributed by atoms with van der Waals surface area (Å²) in [6.07, 6.45) is 2.54. The van der Waals surface area contributed by atoms with Crippen LogP contribution in [-0.2, 0) is 6.42 Å². The first kappa shape index (κ1) is 11.5. The number of nitrogens with zero attached hydrogens (tertiary/aromatic N) is 1. The van der Waals surface area contributed by atoms with Crippen LogP contribution in [0.2, 0.25) is 4.34 Å². The predicted molar refractivity (Wildman–Crippen MR) is 67.3 cm³/mol. The van der Waals surface area contributed by atoms with Crippen LogP contribution in [0.5, 0.6) is 0 Å². The van der Waals surface area contributed by atoms with Gasteiger partial charge in [-0.1, -0.05) is 17.7 Å². The number of hydrogen-bond donors (Lipinski definition) is 2. The average molecular weight is 254 g/mol. The van der Waals surface area contributed by atoms with Crippen molar-refractivity contribution in [2.45, 2.75) is 12.5 Å². The van der Waals surface area contributed by atoms with Crippen molar-refractivity contribution in [3.8, 4) is 0 Å². The molecule has 0 amide bonds. The van der Waals surface area contributed by atoms with Gasteiger partial charge >= 0.3 is 0 Å². The van der Waals surface area contributed by atoms with Crippen molar-refractivity contribution in [2.24, 2.45) is 5.84 Å². The Morgan fingerprint density at radius 3 is 2.81 bits per heavy atom. The highest BCUT2D eigenvalue weighted by molar-refractivity contribution is 7.16. The number of hydrazine groups is 1. The second-order valence-corrected chi connectivity index (χ2v) is 5.13. The lowest BCUT2D eigenvalue weighted by Gasteiger charge is -2.13. The molecule has 16 heavy (non-hydrogen) atoms. The topological polar surface area (TPSA) is 50.9 Å². The molecule has 2 rings (SSSR count). The summed E-state index contributed by atoms with van der Waals surface area (Å²) in [6, 6.07) is 9.78. The first-order valence-corrected chi connectivity index (χ1v) is 6.10. The summed E-state index contributed by atoms with van der Waals surface area (Å²) in [5, 5.41) is 0. The summed E-state index contributed by atoms with van der Waals surface area (Å²) in [7, 11) is 0. The van der Waals surface area contributed by atoms with E-state index in [4.69, 9.17) is 17.4 Å². The third-order valence-electron chi connectivity index (χ3n) is 2.28. The second kappa shape index (κ2) is 5.41. The van der Waals surface area contributed by atoms with Crippen LogP contribution in [0.1, 0.15) is 16.6 Å². The van der Waals surface area contributed by atoms with Gasteiger partial charge in [0.05, 0.1) is 10.4 Å². The largest absolute Gasteiger partial charge is 0.271 e. The zero-order valence-corrected chi connectivity index (χ0v) is 10.1. The molecule has 0 spiro atoms. The molecule has 1 atom stereocenters. The molecule has 0 bridgehead atoms. The van der Waals surface area contributed by atoms with E-state index in [1.54, 1.807) is 6.20 Å². The fourth-order valence-corrected chi connectivity index (χ4v) is 2.61. The molecule has 84 valence electrons. The second-order valence-electron chi connectivity index (χ2n) is 3.39. The summed E-state index contributed by atoms with van der Waals surface area (Å²) in [4.78, 5) is 5.40. The first-order valence-electron chi connectivity index (χ1n) is 4.91. The molecule has 0 saturated heterocycles. The lowest BCUT2D eigenvalue weighted by molar-refractivity contribution is 0.554. The highest BCUT2D eigenvalue weighted by atomic mass is 35.5. The molecule has 2 heterocycles. The smallest absolute Gasteiger partial charge is 0.0931 e.